The van der Waals surface area contributed by atoms with Crippen LogP contribution in [0.3, 0.4) is 0 Å². The molecule has 20 nitrogen and oxygen atoms in total. The number of nitrogen functional groups attached to an aromatic ring is 2. The first-order chi connectivity index (χ1) is 29.2. The molecule has 0 bridgehead atoms. The Morgan fingerprint density at radius 2 is 1.05 bits per heavy atom. The molecule has 2 heterocycles. The first kappa shape index (κ1) is 54.7. The van der Waals surface area contributed by atoms with Crippen LogP contribution in [0.1, 0.15) is 71.4 Å². The quantitative estimate of drug-likeness (QED) is 0.0430. The van der Waals surface area contributed by atoms with Crippen molar-refractivity contribution in [1.29, 1.82) is 0 Å². The minimum atomic E-state index is -0.206. The summed E-state index contributed by atoms with van der Waals surface area (Å²) in [5, 5.41) is 0. The predicted molar refractivity (Wildman–Crippen MR) is 254 cm³/mol. The number of rotatable bonds is 18. The number of anilines is 2. The lowest BCUT2D eigenvalue weighted by molar-refractivity contribution is 0.103. The van der Waals surface area contributed by atoms with Gasteiger partial charge in [-0.1, -0.05) is 27.7 Å². The molecule has 2 aromatic carbocycles. The maximum atomic E-state index is 12.9. The van der Waals surface area contributed by atoms with Crippen molar-refractivity contribution < 1.29 is 34.0 Å². The smallest absolute Gasteiger partial charge is 0.253 e. The van der Waals surface area contributed by atoms with E-state index < -0.39 is 0 Å². The molecular weight excluding hydrogens is 823 g/mol. The first-order valence-electron chi connectivity index (χ1n) is 19.5. The van der Waals surface area contributed by atoms with Gasteiger partial charge in [-0.15, -0.1) is 0 Å². The van der Waals surface area contributed by atoms with Crippen LogP contribution >= 0.6 is 0 Å². The predicted octanol–water partition coefficient (Wildman–Crippen LogP) is 6.26. The molecule has 348 valence electrons. The molecule has 0 aliphatic carbocycles. The molecule has 0 aliphatic rings. The number of hydrogen-bond donors (Lipinski definition) is 3. The van der Waals surface area contributed by atoms with Gasteiger partial charge in [-0.2, -0.15) is 9.97 Å². The van der Waals surface area contributed by atoms with Gasteiger partial charge in [0.1, 0.15) is 23.0 Å². The number of ether oxygens (including phenoxy) is 4. The van der Waals surface area contributed by atoms with Crippen LogP contribution in [-0.2, 0) is 0 Å². The van der Waals surface area contributed by atoms with Gasteiger partial charge >= 0.3 is 0 Å². The van der Waals surface area contributed by atoms with Crippen molar-refractivity contribution in [3.8, 4) is 34.5 Å². The number of allylic oxidation sites excluding steroid dienone is 2. The monoisotopic (exact) mass is 888 g/mol. The SMILES string of the molecule is COc1cc(C(C)C)c(Oc2cnc(N)nc2N)cc1C(=O)/C=C/N(C)C.COc1cc(C(C)C)c(Oc2cnc(N=CN(C)C)nc2N=CN(C)C)cc1C(=O)/C=C/N(C)C.N.O. The normalized spacial score (nSPS) is 11.0. The molecular formula is C44H65N13O7. The number of nitrogens with two attached hydrogens (primary N) is 2. The topological polar surface area (TPSA) is 279 Å². The molecule has 0 fully saturated rings. The molecule has 0 radical (unpaired) electrons. The van der Waals surface area contributed by atoms with E-state index in [1.54, 1.807) is 70.0 Å². The number of carbonyl (C=O) groups is 2. The van der Waals surface area contributed by atoms with E-state index in [4.69, 9.17) is 30.4 Å². The number of carbonyl (C=O) groups excluding carboxylic acids is 2. The van der Waals surface area contributed by atoms with Crippen LogP contribution in [0.15, 0.2) is 71.2 Å². The second kappa shape index (κ2) is 25.6. The van der Waals surface area contributed by atoms with Crippen molar-refractivity contribution in [2.75, 3.05) is 82.1 Å². The van der Waals surface area contributed by atoms with Crippen LogP contribution in [0, 0.1) is 0 Å². The summed E-state index contributed by atoms with van der Waals surface area (Å²) < 4.78 is 23.1. The zero-order chi connectivity index (χ0) is 46.3. The van der Waals surface area contributed by atoms with Crippen LogP contribution in [0.2, 0.25) is 0 Å². The molecule has 0 saturated heterocycles. The van der Waals surface area contributed by atoms with Crippen molar-refractivity contribution in [3.63, 3.8) is 0 Å². The molecule has 2 aromatic heterocycles. The van der Waals surface area contributed by atoms with Gasteiger partial charge in [-0.25, -0.2) is 20.0 Å². The Bertz CT molecular complexity index is 2290. The van der Waals surface area contributed by atoms with Crippen LogP contribution in [-0.4, -0.2) is 140 Å². The van der Waals surface area contributed by atoms with E-state index in [1.165, 1.54) is 31.7 Å². The highest BCUT2D eigenvalue weighted by Gasteiger charge is 2.21. The second-order valence-electron chi connectivity index (χ2n) is 15.2. The molecule has 0 aliphatic heterocycles. The van der Waals surface area contributed by atoms with Crippen LogP contribution < -0.4 is 36.6 Å². The van der Waals surface area contributed by atoms with Crippen LogP contribution in [0.4, 0.5) is 23.5 Å². The van der Waals surface area contributed by atoms with Gasteiger partial charge in [0.25, 0.3) is 5.95 Å². The fourth-order valence-electron chi connectivity index (χ4n) is 5.20. The van der Waals surface area contributed by atoms with E-state index in [1.807, 2.05) is 90.1 Å². The van der Waals surface area contributed by atoms with E-state index in [-0.39, 0.29) is 58.5 Å². The molecule has 20 heteroatoms. The minimum Gasteiger partial charge on any atom is -0.496 e. The highest BCUT2D eigenvalue weighted by atomic mass is 16.5. The molecule has 0 atom stereocenters. The van der Waals surface area contributed by atoms with Gasteiger partial charge in [0.15, 0.2) is 28.9 Å². The zero-order valence-corrected chi connectivity index (χ0v) is 39.4. The number of benzene rings is 2. The maximum Gasteiger partial charge on any atom is 0.253 e. The summed E-state index contributed by atoms with van der Waals surface area (Å²) in [5.74, 6) is 3.07. The van der Waals surface area contributed by atoms with Gasteiger partial charge in [-0.3, -0.25) is 9.59 Å². The Labute approximate surface area is 376 Å². The molecule has 0 unspecified atom stereocenters. The molecule has 0 amide bonds. The number of methoxy groups -OCH3 is 2. The van der Waals surface area contributed by atoms with Crippen molar-refractivity contribution >= 4 is 47.8 Å². The van der Waals surface area contributed by atoms with Gasteiger partial charge < -0.3 is 61.6 Å². The lowest BCUT2D eigenvalue weighted by Crippen LogP contribution is -2.08. The van der Waals surface area contributed by atoms with E-state index in [0.29, 0.717) is 45.7 Å². The Balaban J connectivity index is 0.000000639. The number of hydrogen-bond acceptors (Lipinski definition) is 17. The first-order valence-corrected chi connectivity index (χ1v) is 19.5. The Morgan fingerprint density at radius 1 is 0.609 bits per heavy atom. The van der Waals surface area contributed by atoms with E-state index in [0.717, 1.165) is 11.1 Å². The third kappa shape index (κ3) is 16.2. The summed E-state index contributed by atoms with van der Waals surface area (Å²) in [6.07, 6.45) is 12.5. The molecule has 0 saturated carbocycles. The lowest BCUT2D eigenvalue weighted by atomic mass is 9.97. The van der Waals surface area contributed by atoms with Crippen LogP contribution in [0.25, 0.3) is 0 Å². The molecule has 0 spiro atoms. The summed E-state index contributed by atoms with van der Waals surface area (Å²) >= 11 is 0. The second-order valence-corrected chi connectivity index (χ2v) is 15.2. The largest absolute Gasteiger partial charge is 0.496 e. The van der Waals surface area contributed by atoms with Crippen LogP contribution in [0.5, 0.6) is 34.5 Å². The number of ketones is 2. The van der Waals surface area contributed by atoms with E-state index >= 15 is 0 Å². The molecule has 64 heavy (non-hydrogen) atoms. The van der Waals surface area contributed by atoms with Crippen molar-refractivity contribution in [1.82, 2.24) is 45.7 Å². The Kier molecular flexibility index (Phi) is 21.9. The summed E-state index contributed by atoms with van der Waals surface area (Å²) in [4.78, 5) is 57.9. The summed E-state index contributed by atoms with van der Waals surface area (Å²) in [5.41, 5.74) is 13.9. The Hall–Kier alpha value is -7.32. The number of nitrogens with zero attached hydrogens (tertiary/aromatic N) is 10. The van der Waals surface area contributed by atoms with E-state index in [9.17, 15) is 9.59 Å². The Morgan fingerprint density at radius 3 is 1.45 bits per heavy atom. The van der Waals surface area contributed by atoms with Gasteiger partial charge in [0.05, 0.1) is 50.4 Å². The lowest BCUT2D eigenvalue weighted by Gasteiger charge is -2.18. The fourth-order valence-corrected chi connectivity index (χ4v) is 5.20. The fraction of sp³-hybridized carbons (Fsp3) is 0.364. The zero-order valence-electron chi connectivity index (χ0n) is 39.4. The van der Waals surface area contributed by atoms with Crippen molar-refractivity contribution in [2.24, 2.45) is 9.98 Å². The number of aliphatic imine (C=N–C) groups is 2. The highest BCUT2D eigenvalue weighted by Crippen LogP contribution is 2.40. The van der Waals surface area contributed by atoms with Gasteiger partial charge in [0, 0.05) is 92.1 Å². The maximum absolute atomic E-state index is 12.9. The average molecular weight is 888 g/mol. The molecule has 4 aromatic rings. The standard InChI is InChI=1S/C25H35N7O3.C19H25N5O3.H3N.H2O/c1-17(2)18-12-21(34-9)19(20(33)10-11-30(3)4)13-22(18)35-23-14-26-25(28-16-32(7)8)29-24(23)27-15-31(5)6;1-11(2)12-8-15(26-5)13(14(25)6-7-24(3)4)9-16(12)27-17-10-22-19(21)23-18(17)20;;/h10-17H,1-9H3;6-11H,1-5H3,(H4,20,21,22,23);1H3;1H2/b11-10+,27-15?,28-16?;7-6+;;. The minimum absolute atomic E-state index is 0. The average Bonchev–Trinajstić information content (AvgIpc) is 3.21. The van der Waals surface area contributed by atoms with Gasteiger partial charge in [0.2, 0.25) is 11.8 Å². The van der Waals surface area contributed by atoms with Crippen molar-refractivity contribution in [2.45, 2.75) is 39.5 Å². The third-order valence-corrected chi connectivity index (χ3v) is 8.27. The third-order valence-electron chi connectivity index (χ3n) is 8.27. The summed E-state index contributed by atoms with van der Waals surface area (Å²) in [6.45, 7) is 8.10. The summed E-state index contributed by atoms with van der Waals surface area (Å²) in [7, 11) is 17.9. The van der Waals surface area contributed by atoms with Crippen molar-refractivity contribution in [3.05, 3.63) is 83.5 Å². The molecule has 9 N–H and O–H groups in total. The summed E-state index contributed by atoms with van der Waals surface area (Å²) in [6, 6.07) is 6.96. The van der Waals surface area contributed by atoms with E-state index in [2.05, 4.69) is 29.9 Å². The number of aromatic nitrogens is 4. The molecule has 4 rings (SSSR count). The highest BCUT2D eigenvalue weighted by molar-refractivity contribution is 6.07. The van der Waals surface area contributed by atoms with Gasteiger partial charge in [-0.05, 0) is 36.1 Å².